The molecule has 0 bridgehead atoms. The van der Waals surface area contributed by atoms with Crippen LogP contribution >= 0.6 is 0 Å². The predicted octanol–water partition coefficient (Wildman–Crippen LogP) is 1.67. The molecule has 0 aliphatic heterocycles. The summed E-state index contributed by atoms with van der Waals surface area (Å²) >= 11 is 0. The Morgan fingerprint density at radius 3 is 2.48 bits per heavy atom. The SMILES string of the molecule is CN(C1CCCCC1)S(=O)(=O)Oc1ccccc1C(N)=O. The maximum absolute atomic E-state index is 12.3. The summed E-state index contributed by atoms with van der Waals surface area (Å²) < 4.78 is 31.0. The van der Waals surface area contributed by atoms with E-state index in [4.69, 9.17) is 9.92 Å². The minimum atomic E-state index is -3.94. The molecule has 1 amide bonds. The van der Waals surface area contributed by atoms with Crippen LogP contribution in [0.4, 0.5) is 0 Å². The van der Waals surface area contributed by atoms with E-state index in [0.717, 1.165) is 32.1 Å². The van der Waals surface area contributed by atoms with Gasteiger partial charge in [0.1, 0.15) is 0 Å². The van der Waals surface area contributed by atoms with Crippen molar-refractivity contribution in [2.75, 3.05) is 7.05 Å². The quantitative estimate of drug-likeness (QED) is 0.895. The number of amides is 1. The molecule has 1 aromatic rings. The van der Waals surface area contributed by atoms with Gasteiger partial charge in [-0.3, -0.25) is 4.79 Å². The maximum Gasteiger partial charge on any atom is 0.385 e. The first kappa shape index (κ1) is 15.8. The lowest BCUT2D eigenvalue weighted by atomic mass is 9.96. The molecule has 1 saturated carbocycles. The van der Waals surface area contributed by atoms with Gasteiger partial charge in [-0.1, -0.05) is 31.4 Å². The number of para-hydroxylation sites is 1. The Hall–Kier alpha value is -1.60. The molecule has 21 heavy (non-hydrogen) atoms. The summed E-state index contributed by atoms with van der Waals surface area (Å²) in [6.45, 7) is 0. The standard InChI is InChI=1S/C14H20N2O4S/c1-16(11-7-3-2-4-8-11)21(18,19)20-13-10-6-5-9-12(13)14(15)17/h5-6,9-11H,2-4,7-8H2,1H3,(H2,15,17). The summed E-state index contributed by atoms with van der Waals surface area (Å²) in [7, 11) is -2.43. The van der Waals surface area contributed by atoms with Crippen molar-refractivity contribution in [3.8, 4) is 5.75 Å². The highest BCUT2D eigenvalue weighted by Gasteiger charge is 2.30. The van der Waals surface area contributed by atoms with Crippen LogP contribution in [0.5, 0.6) is 5.75 Å². The zero-order chi connectivity index (χ0) is 15.5. The van der Waals surface area contributed by atoms with Gasteiger partial charge in [-0.2, -0.15) is 12.7 Å². The van der Waals surface area contributed by atoms with Crippen LogP contribution < -0.4 is 9.92 Å². The lowest BCUT2D eigenvalue weighted by Crippen LogP contribution is -2.40. The first-order valence-electron chi connectivity index (χ1n) is 6.98. The third-order valence-corrected chi connectivity index (χ3v) is 5.18. The van der Waals surface area contributed by atoms with Crippen molar-refractivity contribution in [2.45, 2.75) is 38.1 Å². The Bertz CT molecular complexity index is 609. The highest BCUT2D eigenvalue weighted by Crippen LogP contribution is 2.26. The first-order valence-corrected chi connectivity index (χ1v) is 8.34. The van der Waals surface area contributed by atoms with E-state index in [9.17, 15) is 13.2 Å². The highest BCUT2D eigenvalue weighted by atomic mass is 32.2. The van der Waals surface area contributed by atoms with Crippen LogP contribution in [0.1, 0.15) is 42.5 Å². The minimum Gasteiger partial charge on any atom is -0.370 e. The van der Waals surface area contributed by atoms with E-state index in [0.29, 0.717) is 0 Å². The van der Waals surface area contributed by atoms with E-state index in [1.165, 1.54) is 23.5 Å². The van der Waals surface area contributed by atoms with Gasteiger partial charge >= 0.3 is 10.3 Å². The summed E-state index contributed by atoms with van der Waals surface area (Å²) in [6.07, 6.45) is 4.83. The molecule has 0 unspecified atom stereocenters. The monoisotopic (exact) mass is 312 g/mol. The van der Waals surface area contributed by atoms with Gasteiger partial charge in [0.15, 0.2) is 5.75 Å². The second kappa shape index (κ2) is 6.44. The van der Waals surface area contributed by atoms with E-state index in [-0.39, 0.29) is 17.4 Å². The van der Waals surface area contributed by atoms with Crippen molar-refractivity contribution in [1.82, 2.24) is 4.31 Å². The molecule has 7 heteroatoms. The van der Waals surface area contributed by atoms with E-state index >= 15 is 0 Å². The molecule has 1 fully saturated rings. The molecule has 0 atom stereocenters. The van der Waals surface area contributed by atoms with Gasteiger partial charge in [0.05, 0.1) is 5.56 Å². The fourth-order valence-electron chi connectivity index (χ4n) is 2.54. The van der Waals surface area contributed by atoms with Crippen molar-refractivity contribution in [3.05, 3.63) is 29.8 Å². The van der Waals surface area contributed by atoms with Crippen molar-refractivity contribution in [3.63, 3.8) is 0 Å². The summed E-state index contributed by atoms with van der Waals surface area (Å²) in [5.41, 5.74) is 5.28. The molecule has 1 aliphatic carbocycles. The summed E-state index contributed by atoms with van der Waals surface area (Å²) in [6, 6.07) is 6.01. The molecular formula is C14H20N2O4S. The van der Waals surface area contributed by atoms with E-state index in [1.807, 2.05) is 0 Å². The number of benzene rings is 1. The number of hydrogen-bond donors (Lipinski definition) is 1. The largest absolute Gasteiger partial charge is 0.385 e. The van der Waals surface area contributed by atoms with Crippen LogP contribution in [-0.2, 0) is 10.3 Å². The molecule has 0 saturated heterocycles. The highest BCUT2D eigenvalue weighted by molar-refractivity contribution is 7.84. The van der Waals surface area contributed by atoms with Crippen LogP contribution in [0.2, 0.25) is 0 Å². The second-order valence-electron chi connectivity index (χ2n) is 5.21. The van der Waals surface area contributed by atoms with Gasteiger partial charge in [0.25, 0.3) is 5.91 Å². The van der Waals surface area contributed by atoms with Crippen LogP contribution in [-0.4, -0.2) is 31.7 Å². The summed E-state index contributed by atoms with van der Waals surface area (Å²) in [4.78, 5) is 11.3. The predicted molar refractivity (Wildman–Crippen MR) is 79.1 cm³/mol. The van der Waals surface area contributed by atoms with Gasteiger partial charge in [-0.25, -0.2) is 0 Å². The van der Waals surface area contributed by atoms with Gasteiger partial charge in [-0.05, 0) is 25.0 Å². The molecule has 1 aliphatic rings. The number of carbonyl (C=O) groups excluding carboxylic acids is 1. The zero-order valence-electron chi connectivity index (χ0n) is 12.0. The third-order valence-electron chi connectivity index (χ3n) is 3.79. The van der Waals surface area contributed by atoms with Gasteiger partial charge < -0.3 is 9.92 Å². The molecule has 0 aromatic heterocycles. The lowest BCUT2D eigenvalue weighted by Gasteiger charge is -2.29. The smallest absolute Gasteiger partial charge is 0.370 e. The van der Waals surface area contributed by atoms with Crippen molar-refractivity contribution < 1.29 is 17.4 Å². The lowest BCUT2D eigenvalue weighted by molar-refractivity contribution is 0.0998. The average Bonchev–Trinajstić information content (AvgIpc) is 2.47. The average molecular weight is 312 g/mol. The molecule has 0 heterocycles. The number of nitrogens with zero attached hydrogens (tertiary/aromatic N) is 1. The number of rotatable bonds is 5. The molecule has 6 nitrogen and oxygen atoms in total. The van der Waals surface area contributed by atoms with E-state index in [1.54, 1.807) is 12.1 Å². The summed E-state index contributed by atoms with van der Waals surface area (Å²) in [5.74, 6) is -0.756. The van der Waals surface area contributed by atoms with Crippen LogP contribution in [0.25, 0.3) is 0 Å². The second-order valence-corrected chi connectivity index (χ2v) is 6.81. The van der Waals surface area contributed by atoms with Crippen LogP contribution in [0.3, 0.4) is 0 Å². The Balaban J connectivity index is 2.19. The normalized spacial score (nSPS) is 16.9. The minimum absolute atomic E-state index is 0.0346. The molecule has 0 spiro atoms. The fraction of sp³-hybridized carbons (Fsp3) is 0.500. The van der Waals surface area contributed by atoms with E-state index in [2.05, 4.69) is 0 Å². The van der Waals surface area contributed by atoms with Crippen LogP contribution in [0.15, 0.2) is 24.3 Å². The van der Waals surface area contributed by atoms with Crippen LogP contribution in [0, 0.1) is 0 Å². The molecule has 0 radical (unpaired) electrons. The Morgan fingerprint density at radius 1 is 1.24 bits per heavy atom. The third kappa shape index (κ3) is 3.74. The molecule has 2 rings (SSSR count). The number of carbonyl (C=O) groups is 1. The van der Waals surface area contributed by atoms with Crippen molar-refractivity contribution in [1.29, 1.82) is 0 Å². The Kier molecular flexibility index (Phi) is 4.84. The van der Waals surface area contributed by atoms with E-state index < -0.39 is 16.2 Å². The Morgan fingerprint density at radius 2 is 1.86 bits per heavy atom. The first-order chi connectivity index (χ1) is 9.92. The molecule has 116 valence electrons. The molecular weight excluding hydrogens is 292 g/mol. The Labute approximate surface area is 125 Å². The molecule has 1 aromatic carbocycles. The van der Waals surface area contributed by atoms with Gasteiger partial charge in [-0.15, -0.1) is 0 Å². The topological polar surface area (TPSA) is 89.7 Å². The number of primary amides is 1. The number of hydrogen-bond acceptors (Lipinski definition) is 4. The summed E-state index contributed by atoms with van der Waals surface area (Å²) in [5, 5.41) is 0. The number of nitrogens with two attached hydrogens (primary N) is 1. The van der Waals surface area contributed by atoms with Crippen molar-refractivity contribution in [2.24, 2.45) is 5.73 Å². The maximum atomic E-state index is 12.3. The van der Waals surface area contributed by atoms with Gasteiger partial charge in [0, 0.05) is 13.1 Å². The zero-order valence-corrected chi connectivity index (χ0v) is 12.8. The van der Waals surface area contributed by atoms with Crippen molar-refractivity contribution >= 4 is 16.2 Å². The van der Waals surface area contributed by atoms with Gasteiger partial charge in [0.2, 0.25) is 0 Å². The molecule has 2 N–H and O–H groups in total. The fourth-order valence-corrected chi connectivity index (χ4v) is 3.61.